The molecule has 2 N–H and O–H groups in total. The quantitative estimate of drug-likeness (QED) is 0.453. The van der Waals surface area contributed by atoms with Crippen LogP contribution < -0.4 is 5.73 Å². The van der Waals surface area contributed by atoms with Gasteiger partial charge >= 0.3 is 0 Å². The molecular formula is C16H35N. The fourth-order valence-corrected chi connectivity index (χ4v) is 1.80. The van der Waals surface area contributed by atoms with Crippen molar-refractivity contribution in [3.05, 3.63) is 12.2 Å². The summed E-state index contributed by atoms with van der Waals surface area (Å²) in [4.78, 5) is 0. The summed E-state index contributed by atoms with van der Waals surface area (Å²) in [5.74, 6) is 0.859. The summed E-state index contributed by atoms with van der Waals surface area (Å²) in [6.45, 7) is 12.7. The Morgan fingerprint density at radius 2 is 1.65 bits per heavy atom. The van der Waals surface area contributed by atoms with Crippen LogP contribution in [0.4, 0.5) is 0 Å². The van der Waals surface area contributed by atoms with Crippen LogP contribution in [-0.4, -0.2) is 5.54 Å². The number of allylic oxidation sites excluding steroid dienone is 2. The van der Waals surface area contributed by atoms with Gasteiger partial charge in [-0.15, -0.1) is 0 Å². The number of unbranched alkanes of at least 4 members (excludes halogenated alkanes) is 1. The fourth-order valence-electron chi connectivity index (χ4n) is 1.80. The molecule has 104 valence electrons. The average Bonchev–Trinajstić information content (AvgIpc) is 2.25. The summed E-state index contributed by atoms with van der Waals surface area (Å²) < 4.78 is 0. The molecule has 0 radical (unpaired) electrons. The molecule has 0 aliphatic heterocycles. The number of nitrogens with two attached hydrogens (primary N) is 1. The summed E-state index contributed by atoms with van der Waals surface area (Å²) in [5, 5.41) is 0. The van der Waals surface area contributed by atoms with E-state index in [-0.39, 0.29) is 5.54 Å². The predicted octanol–water partition coefficient (Wildman–Crippen LogP) is 5.30. The number of hydrogen-bond acceptors (Lipinski definition) is 1. The highest BCUT2D eigenvalue weighted by Gasteiger charge is 2.10. The van der Waals surface area contributed by atoms with Gasteiger partial charge in [0.2, 0.25) is 0 Å². The van der Waals surface area contributed by atoms with E-state index in [9.17, 15) is 0 Å². The first kappa shape index (κ1) is 19.0. The second-order valence-electron chi connectivity index (χ2n) is 5.49. The molecule has 0 bridgehead atoms. The zero-order valence-electron chi connectivity index (χ0n) is 13.1. The lowest BCUT2D eigenvalue weighted by atomic mass is 9.93. The van der Waals surface area contributed by atoms with E-state index in [1.54, 1.807) is 0 Å². The van der Waals surface area contributed by atoms with Crippen LogP contribution in [0.15, 0.2) is 12.2 Å². The Balaban J connectivity index is 0. The molecule has 0 aliphatic rings. The maximum absolute atomic E-state index is 5.95. The van der Waals surface area contributed by atoms with Crippen molar-refractivity contribution in [3.8, 4) is 0 Å². The van der Waals surface area contributed by atoms with E-state index in [0.717, 1.165) is 12.3 Å². The van der Waals surface area contributed by atoms with Crippen molar-refractivity contribution in [3.63, 3.8) is 0 Å². The maximum Gasteiger partial charge on any atom is 0.00970 e. The van der Waals surface area contributed by atoms with Gasteiger partial charge in [0.05, 0.1) is 0 Å². The highest BCUT2D eigenvalue weighted by Crippen LogP contribution is 2.18. The molecule has 0 aromatic rings. The Morgan fingerprint density at radius 1 is 1.12 bits per heavy atom. The topological polar surface area (TPSA) is 26.0 Å². The van der Waals surface area contributed by atoms with E-state index >= 15 is 0 Å². The number of hydrogen-bond donors (Lipinski definition) is 1. The van der Waals surface area contributed by atoms with Crippen LogP contribution >= 0.6 is 0 Å². The van der Waals surface area contributed by atoms with Crippen molar-refractivity contribution in [2.75, 3.05) is 0 Å². The molecule has 1 unspecified atom stereocenters. The SMILES string of the molecule is C/C=C/CCCC(C)CCCC(C)(C)N.CC. The van der Waals surface area contributed by atoms with Crippen molar-refractivity contribution in [2.45, 2.75) is 85.6 Å². The minimum absolute atomic E-state index is 0.0185. The Hall–Kier alpha value is -0.300. The largest absolute Gasteiger partial charge is 0.326 e. The highest BCUT2D eigenvalue weighted by atomic mass is 14.7. The summed E-state index contributed by atoms with van der Waals surface area (Å²) in [6.07, 6.45) is 12.1. The molecule has 1 atom stereocenters. The molecule has 1 nitrogen and oxygen atoms in total. The van der Waals surface area contributed by atoms with Crippen LogP contribution in [0, 0.1) is 5.92 Å². The summed E-state index contributed by atoms with van der Waals surface area (Å²) in [6, 6.07) is 0. The Kier molecular flexibility index (Phi) is 13.6. The van der Waals surface area contributed by atoms with Crippen LogP contribution in [0.2, 0.25) is 0 Å². The van der Waals surface area contributed by atoms with Gasteiger partial charge in [0.15, 0.2) is 0 Å². The van der Waals surface area contributed by atoms with E-state index in [0.29, 0.717) is 0 Å². The molecule has 17 heavy (non-hydrogen) atoms. The van der Waals surface area contributed by atoms with Gasteiger partial charge < -0.3 is 5.73 Å². The van der Waals surface area contributed by atoms with Gasteiger partial charge in [0.1, 0.15) is 0 Å². The molecule has 0 aliphatic carbocycles. The molecule has 0 saturated heterocycles. The maximum atomic E-state index is 5.95. The van der Waals surface area contributed by atoms with Gasteiger partial charge in [-0.1, -0.05) is 52.2 Å². The van der Waals surface area contributed by atoms with Crippen molar-refractivity contribution >= 4 is 0 Å². The van der Waals surface area contributed by atoms with Crippen molar-refractivity contribution < 1.29 is 0 Å². The molecule has 0 fully saturated rings. The second-order valence-corrected chi connectivity index (χ2v) is 5.49. The summed E-state index contributed by atoms with van der Waals surface area (Å²) in [7, 11) is 0. The lowest BCUT2D eigenvalue weighted by molar-refractivity contribution is 0.397. The molecule has 0 aromatic heterocycles. The molecule has 0 spiro atoms. The van der Waals surface area contributed by atoms with Crippen LogP contribution in [0.5, 0.6) is 0 Å². The Bertz CT molecular complexity index is 165. The second kappa shape index (κ2) is 12.2. The first-order valence-electron chi connectivity index (χ1n) is 7.36. The third kappa shape index (κ3) is 18.3. The van der Waals surface area contributed by atoms with Crippen molar-refractivity contribution in [2.24, 2.45) is 11.7 Å². The number of rotatable bonds is 8. The lowest BCUT2D eigenvalue weighted by Gasteiger charge is -2.19. The van der Waals surface area contributed by atoms with Gasteiger partial charge in [0.25, 0.3) is 0 Å². The predicted molar refractivity (Wildman–Crippen MR) is 81.3 cm³/mol. The van der Waals surface area contributed by atoms with E-state index in [1.165, 1.54) is 32.1 Å². The Labute approximate surface area is 110 Å². The molecule has 0 heterocycles. The van der Waals surface area contributed by atoms with Crippen LogP contribution in [0.25, 0.3) is 0 Å². The smallest absolute Gasteiger partial charge is 0.00970 e. The third-order valence-electron chi connectivity index (χ3n) is 2.82. The van der Waals surface area contributed by atoms with E-state index in [4.69, 9.17) is 5.73 Å². The zero-order chi connectivity index (χ0) is 13.7. The molecule has 0 amide bonds. The van der Waals surface area contributed by atoms with Crippen LogP contribution in [0.3, 0.4) is 0 Å². The van der Waals surface area contributed by atoms with E-state index in [1.807, 2.05) is 13.8 Å². The van der Waals surface area contributed by atoms with Gasteiger partial charge in [-0.25, -0.2) is 0 Å². The van der Waals surface area contributed by atoms with Gasteiger partial charge in [-0.3, -0.25) is 0 Å². The van der Waals surface area contributed by atoms with E-state index in [2.05, 4.69) is 39.8 Å². The molecule has 0 aromatic carbocycles. The van der Waals surface area contributed by atoms with E-state index < -0.39 is 0 Å². The lowest BCUT2D eigenvalue weighted by Crippen LogP contribution is -2.31. The monoisotopic (exact) mass is 241 g/mol. The molecule has 0 saturated carbocycles. The van der Waals surface area contributed by atoms with Crippen molar-refractivity contribution in [1.82, 2.24) is 0 Å². The standard InChI is InChI=1S/C14H29N.C2H6/c1-5-6-7-8-10-13(2)11-9-12-14(3,4)15;1-2/h5-6,13H,7-12,15H2,1-4H3;1-2H3/b6-5+;. The van der Waals surface area contributed by atoms with Crippen molar-refractivity contribution in [1.29, 1.82) is 0 Å². The molecule has 0 rings (SSSR count). The minimum atomic E-state index is 0.0185. The first-order chi connectivity index (χ1) is 7.95. The average molecular weight is 241 g/mol. The molecular weight excluding hydrogens is 206 g/mol. The van der Waals surface area contributed by atoms with Crippen LogP contribution in [-0.2, 0) is 0 Å². The first-order valence-corrected chi connectivity index (χ1v) is 7.36. The summed E-state index contributed by atoms with van der Waals surface area (Å²) in [5.41, 5.74) is 5.97. The van der Waals surface area contributed by atoms with Crippen LogP contribution in [0.1, 0.15) is 80.1 Å². The van der Waals surface area contributed by atoms with Gasteiger partial charge in [-0.05, 0) is 46.0 Å². The minimum Gasteiger partial charge on any atom is -0.326 e. The third-order valence-corrected chi connectivity index (χ3v) is 2.82. The van der Waals surface area contributed by atoms with Gasteiger partial charge in [0, 0.05) is 5.54 Å². The Morgan fingerprint density at radius 3 is 2.12 bits per heavy atom. The molecule has 1 heteroatoms. The highest BCUT2D eigenvalue weighted by molar-refractivity contribution is 4.77. The zero-order valence-corrected chi connectivity index (χ0v) is 13.1. The van der Waals surface area contributed by atoms with Gasteiger partial charge in [-0.2, -0.15) is 0 Å². The normalized spacial score (nSPS) is 13.4. The fraction of sp³-hybridized carbons (Fsp3) is 0.875. The summed E-state index contributed by atoms with van der Waals surface area (Å²) >= 11 is 0.